The molecule has 2 saturated heterocycles. The molecule has 4 aromatic rings. The summed E-state index contributed by atoms with van der Waals surface area (Å²) in [7, 11) is -1.77. The number of alkyl halides is 4. The SMILES string of the molecule is CC(C)[Si](C#Cc1ccc(F)c(N2CCOCC2)c1)(C(C)C)C(C)C.FC(F)Oc1ccc(Br)cc1.Fc1ccc(C#Cc2ccc(OC(F)F)cc2)cc1N1CCOCC1. The van der Waals surface area contributed by atoms with Crippen LogP contribution >= 0.6 is 15.9 Å². The lowest BCUT2D eigenvalue weighted by Gasteiger charge is -2.38. The van der Waals surface area contributed by atoms with Crippen molar-refractivity contribution in [2.24, 2.45) is 0 Å². The summed E-state index contributed by atoms with van der Waals surface area (Å²) in [5.41, 5.74) is 8.92. The van der Waals surface area contributed by atoms with Crippen molar-refractivity contribution in [1.29, 1.82) is 0 Å². The molecule has 2 fully saturated rings. The van der Waals surface area contributed by atoms with Crippen molar-refractivity contribution in [3.05, 3.63) is 118 Å². The largest absolute Gasteiger partial charge is 0.435 e. The van der Waals surface area contributed by atoms with E-state index in [9.17, 15) is 26.3 Å². The molecule has 4 aromatic carbocycles. The minimum Gasteiger partial charge on any atom is -0.435 e. The van der Waals surface area contributed by atoms with Gasteiger partial charge in [0.25, 0.3) is 0 Å². The molecular formula is C47H53BrF6N2O4Si. The quantitative estimate of drug-likeness (QED) is 0.0947. The number of hydrogen-bond donors (Lipinski definition) is 0. The van der Waals surface area contributed by atoms with Crippen LogP contribution in [0.1, 0.15) is 58.2 Å². The Balaban J connectivity index is 0.000000217. The van der Waals surface area contributed by atoms with Crippen molar-refractivity contribution in [3.63, 3.8) is 0 Å². The Hall–Kier alpha value is -4.60. The van der Waals surface area contributed by atoms with Crippen LogP contribution in [0, 0.1) is 34.9 Å². The van der Waals surface area contributed by atoms with Gasteiger partial charge in [0.1, 0.15) is 31.2 Å². The van der Waals surface area contributed by atoms with Crippen LogP contribution in [0.5, 0.6) is 11.5 Å². The molecule has 328 valence electrons. The molecule has 2 aliphatic heterocycles. The second-order valence-corrected chi connectivity index (χ2v) is 21.7. The molecule has 0 N–H and O–H groups in total. The molecule has 2 heterocycles. The maximum Gasteiger partial charge on any atom is 0.387 e. The second-order valence-electron chi connectivity index (χ2n) is 15.2. The molecule has 61 heavy (non-hydrogen) atoms. The topological polar surface area (TPSA) is 43.4 Å². The van der Waals surface area contributed by atoms with Gasteiger partial charge < -0.3 is 28.7 Å². The lowest BCUT2D eigenvalue weighted by atomic mass is 10.1. The van der Waals surface area contributed by atoms with Gasteiger partial charge >= 0.3 is 13.2 Å². The van der Waals surface area contributed by atoms with Gasteiger partial charge in [0.2, 0.25) is 0 Å². The molecule has 0 amide bonds. The molecule has 0 unspecified atom stereocenters. The predicted molar refractivity (Wildman–Crippen MR) is 237 cm³/mol. The van der Waals surface area contributed by atoms with Crippen molar-refractivity contribution in [2.45, 2.75) is 71.4 Å². The van der Waals surface area contributed by atoms with Gasteiger partial charge in [-0.25, -0.2) is 8.78 Å². The number of halogens is 7. The Morgan fingerprint density at radius 3 is 1.30 bits per heavy atom. The maximum atomic E-state index is 14.3. The van der Waals surface area contributed by atoms with Gasteiger partial charge in [0, 0.05) is 47.3 Å². The average Bonchev–Trinajstić information content (AvgIpc) is 3.23. The molecule has 0 spiro atoms. The van der Waals surface area contributed by atoms with E-state index in [0.717, 1.165) is 23.1 Å². The summed E-state index contributed by atoms with van der Waals surface area (Å²) >= 11 is 3.17. The third kappa shape index (κ3) is 15.1. The first-order chi connectivity index (χ1) is 29.1. The number of rotatable bonds is 9. The zero-order valence-electron chi connectivity index (χ0n) is 35.3. The average molecular weight is 932 g/mol. The Bertz CT molecular complexity index is 2070. The molecule has 0 saturated carbocycles. The van der Waals surface area contributed by atoms with Crippen LogP contribution in [0.2, 0.25) is 16.6 Å². The van der Waals surface area contributed by atoms with Gasteiger partial charge in [0.15, 0.2) is 0 Å². The minimum absolute atomic E-state index is 0.0805. The van der Waals surface area contributed by atoms with E-state index in [1.807, 2.05) is 17.0 Å². The summed E-state index contributed by atoms with van der Waals surface area (Å²) in [6, 6.07) is 22.3. The fourth-order valence-electron chi connectivity index (χ4n) is 7.37. The number of nitrogens with zero attached hydrogens (tertiary/aromatic N) is 2. The zero-order chi connectivity index (χ0) is 44.5. The number of hydrogen-bond acceptors (Lipinski definition) is 6. The van der Waals surface area contributed by atoms with Crippen LogP contribution in [-0.4, -0.2) is 73.9 Å². The standard InChI is InChI=1S/C21H32FNOSi.C19H16F3NO2.C7H5BrF2O/c1-16(2)25(17(3)4,18(5)6)14-9-19-7-8-20(22)21(15-19)23-10-12-24-13-11-23;20-17-8-5-15(13-18(17)23-9-11-24-12-10-23)2-1-14-3-6-16(7-4-14)25-19(21)22;8-5-1-3-6(4-2-5)11-7(9)10/h7-8,15-18H,10-13H2,1-6H3;3-8,13,19H,9-12H2;1-4,7H. The Morgan fingerprint density at radius 1 is 0.541 bits per heavy atom. The summed E-state index contributed by atoms with van der Waals surface area (Å²) in [5, 5.41) is 0. The Labute approximate surface area is 365 Å². The normalized spacial score (nSPS) is 14.1. The first-order valence-corrected chi connectivity index (χ1v) is 23.2. The maximum absolute atomic E-state index is 14.3. The van der Waals surface area contributed by atoms with Crippen LogP contribution in [0.15, 0.2) is 89.4 Å². The molecule has 14 heteroatoms. The molecule has 0 bridgehead atoms. The van der Waals surface area contributed by atoms with E-state index in [2.05, 4.69) is 95.2 Å². The van der Waals surface area contributed by atoms with Crippen molar-refractivity contribution >= 4 is 35.4 Å². The zero-order valence-corrected chi connectivity index (χ0v) is 37.9. The highest BCUT2D eigenvalue weighted by Gasteiger charge is 2.41. The monoisotopic (exact) mass is 930 g/mol. The summed E-state index contributed by atoms with van der Waals surface area (Å²) in [4.78, 5) is 3.99. The lowest BCUT2D eigenvalue weighted by Crippen LogP contribution is -2.43. The van der Waals surface area contributed by atoms with Crippen LogP contribution in [0.3, 0.4) is 0 Å². The molecule has 0 aromatic heterocycles. The van der Waals surface area contributed by atoms with E-state index < -0.39 is 21.3 Å². The second kappa shape index (κ2) is 24.1. The minimum atomic E-state index is -2.85. The summed E-state index contributed by atoms with van der Waals surface area (Å²) in [6.45, 7) is 13.4. The van der Waals surface area contributed by atoms with Gasteiger partial charge in [-0.3, -0.25) is 0 Å². The van der Waals surface area contributed by atoms with E-state index in [-0.39, 0.29) is 23.1 Å². The van der Waals surface area contributed by atoms with Crippen molar-refractivity contribution < 1.29 is 45.3 Å². The highest BCUT2D eigenvalue weighted by Crippen LogP contribution is 2.41. The third-order valence-corrected chi connectivity index (χ3v) is 17.2. The highest BCUT2D eigenvalue weighted by molar-refractivity contribution is 9.10. The number of ether oxygens (including phenoxy) is 4. The Kier molecular flexibility index (Phi) is 19.4. The first kappa shape index (κ1) is 49.1. The molecule has 6 nitrogen and oxygen atoms in total. The van der Waals surface area contributed by atoms with E-state index in [4.69, 9.17) is 9.47 Å². The molecule has 0 radical (unpaired) electrons. The number of benzene rings is 4. The molecule has 0 atom stereocenters. The molecular weight excluding hydrogens is 879 g/mol. The number of morpholine rings is 2. The Morgan fingerprint density at radius 2 is 0.902 bits per heavy atom. The van der Waals surface area contributed by atoms with Crippen LogP contribution < -0.4 is 19.3 Å². The van der Waals surface area contributed by atoms with E-state index in [1.54, 1.807) is 42.5 Å². The van der Waals surface area contributed by atoms with Crippen molar-refractivity contribution in [2.75, 3.05) is 62.4 Å². The van der Waals surface area contributed by atoms with Gasteiger partial charge in [-0.05, 0) is 102 Å². The molecule has 6 rings (SSSR count). The molecule has 0 aliphatic carbocycles. The van der Waals surface area contributed by atoms with Gasteiger partial charge in [-0.1, -0.05) is 75.2 Å². The fourth-order valence-corrected chi connectivity index (χ4v) is 12.9. The van der Waals surface area contributed by atoms with Crippen molar-refractivity contribution in [1.82, 2.24) is 0 Å². The number of anilines is 2. The summed E-state index contributed by atoms with van der Waals surface area (Å²) in [5.74, 6) is 9.11. The van der Waals surface area contributed by atoms with E-state index in [0.29, 0.717) is 78.6 Å². The first-order valence-electron chi connectivity index (χ1n) is 20.1. The van der Waals surface area contributed by atoms with Crippen molar-refractivity contribution in [3.8, 4) is 34.8 Å². The fraction of sp³-hybridized carbons (Fsp3) is 0.404. The summed E-state index contributed by atoms with van der Waals surface area (Å²) in [6.07, 6.45) is 0. The van der Waals surface area contributed by atoms with Crippen LogP contribution in [-0.2, 0) is 9.47 Å². The van der Waals surface area contributed by atoms with E-state index >= 15 is 0 Å². The smallest absolute Gasteiger partial charge is 0.387 e. The van der Waals surface area contributed by atoms with Gasteiger partial charge in [-0.2, -0.15) is 17.6 Å². The highest BCUT2D eigenvalue weighted by atomic mass is 79.9. The predicted octanol–water partition coefficient (Wildman–Crippen LogP) is 11.9. The summed E-state index contributed by atoms with van der Waals surface area (Å²) < 4.78 is 95.7. The molecule has 2 aliphatic rings. The van der Waals surface area contributed by atoms with E-state index in [1.165, 1.54) is 30.3 Å². The third-order valence-electron chi connectivity index (χ3n) is 10.4. The van der Waals surface area contributed by atoms with Crippen LogP contribution in [0.25, 0.3) is 0 Å². The lowest BCUT2D eigenvalue weighted by molar-refractivity contribution is -0.0505. The van der Waals surface area contributed by atoms with Gasteiger partial charge in [0.05, 0.1) is 37.8 Å². The van der Waals surface area contributed by atoms with Gasteiger partial charge in [-0.15, -0.1) is 5.54 Å². The van der Waals surface area contributed by atoms with Crippen LogP contribution in [0.4, 0.5) is 37.7 Å².